The number of halogens is 1. The van der Waals surface area contributed by atoms with Crippen LogP contribution in [0.15, 0.2) is 24.3 Å². The van der Waals surface area contributed by atoms with E-state index < -0.39 is 22.6 Å². The van der Waals surface area contributed by atoms with Gasteiger partial charge in [0, 0.05) is 0 Å². The highest BCUT2D eigenvalue weighted by atomic mass is 35.5. The molecule has 6 nitrogen and oxygen atoms in total. The number of hydrogen-bond donors (Lipinski definition) is 1. The topological polar surface area (TPSA) is 80.7 Å². The minimum atomic E-state index is -1.94. The Morgan fingerprint density at radius 2 is 1.78 bits per heavy atom. The van der Waals surface area contributed by atoms with Crippen molar-refractivity contribution in [1.29, 1.82) is 0 Å². The zero-order valence-corrected chi connectivity index (χ0v) is 9.88. The Kier molecular flexibility index (Phi) is 3.16. The zero-order chi connectivity index (χ0) is 13.3. The summed E-state index contributed by atoms with van der Waals surface area (Å²) in [5.41, 5.74) is -0.0294. The van der Waals surface area contributed by atoms with Gasteiger partial charge in [0.15, 0.2) is 0 Å². The smallest absolute Gasteiger partial charge is 0.239 e. The van der Waals surface area contributed by atoms with Gasteiger partial charge in [0.2, 0.25) is 0 Å². The number of quaternary nitrogens is 1. The largest absolute Gasteiger partial charge is 0.405 e. The molecule has 2 amide bonds. The SMILES string of the molecule is O=C(O[N+]1(O)C(=O)CCC1=O)c1ccccc1Cl. The third-order valence-corrected chi connectivity index (χ3v) is 2.87. The van der Waals surface area contributed by atoms with E-state index >= 15 is 0 Å². The Balaban J connectivity index is 2.25. The van der Waals surface area contributed by atoms with Crippen LogP contribution < -0.4 is 0 Å². The molecule has 0 spiro atoms. The quantitative estimate of drug-likeness (QED) is 0.500. The first-order valence-corrected chi connectivity index (χ1v) is 5.50. The van der Waals surface area contributed by atoms with Gasteiger partial charge in [-0.15, -0.1) is 0 Å². The number of carbonyl (C=O) groups excluding carboxylic acids is 3. The molecule has 18 heavy (non-hydrogen) atoms. The fraction of sp³-hybridized carbons (Fsp3) is 0.182. The molecule has 0 aromatic heterocycles. The Morgan fingerprint density at radius 1 is 1.22 bits per heavy atom. The molecular weight excluding hydrogens is 262 g/mol. The van der Waals surface area contributed by atoms with Gasteiger partial charge in [-0.2, -0.15) is 5.21 Å². The molecule has 1 fully saturated rings. The van der Waals surface area contributed by atoms with E-state index in [-0.39, 0.29) is 23.4 Å². The van der Waals surface area contributed by atoms with Gasteiger partial charge in [-0.3, -0.25) is 0 Å². The minimum Gasteiger partial charge on any atom is -0.239 e. The van der Waals surface area contributed by atoms with Crippen LogP contribution in [0.25, 0.3) is 0 Å². The van der Waals surface area contributed by atoms with Crippen LogP contribution in [-0.2, 0) is 14.4 Å². The average molecular weight is 271 g/mol. The molecule has 0 saturated carbocycles. The number of hydroxylamine groups is 4. The second kappa shape index (κ2) is 4.49. The molecule has 0 aliphatic carbocycles. The third kappa shape index (κ3) is 2.01. The molecule has 2 rings (SSSR count). The number of hydrogen-bond acceptors (Lipinski definition) is 5. The van der Waals surface area contributed by atoms with Gasteiger partial charge < -0.3 is 0 Å². The summed E-state index contributed by atoms with van der Waals surface area (Å²) in [6.07, 6.45) is -0.323. The summed E-state index contributed by atoms with van der Waals surface area (Å²) in [5.74, 6) is -2.78. The zero-order valence-electron chi connectivity index (χ0n) is 9.13. The van der Waals surface area contributed by atoms with E-state index in [4.69, 9.17) is 11.6 Å². The molecule has 1 aliphatic heterocycles. The highest BCUT2D eigenvalue weighted by Crippen LogP contribution is 2.23. The molecule has 1 aliphatic rings. The number of imide groups is 1. The summed E-state index contributed by atoms with van der Waals surface area (Å²) in [4.78, 5) is 37.1. The van der Waals surface area contributed by atoms with Crippen molar-refractivity contribution < 1.29 is 29.2 Å². The molecule has 0 unspecified atom stereocenters. The first kappa shape index (κ1) is 12.7. The van der Waals surface area contributed by atoms with Crippen molar-refractivity contribution >= 4 is 29.4 Å². The van der Waals surface area contributed by atoms with Crippen molar-refractivity contribution in [3.05, 3.63) is 34.9 Å². The number of amides is 2. The van der Waals surface area contributed by atoms with Crippen molar-refractivity contribution in [3.63, 3.8) is 0 Å². The summed E-state index contributed by atoms with van der Waals surface area (Å²) in [7, 11) is 0. The number of rotatable bonds is 2. The van der Waals surface area contributed by atoms with Gasteiger partial charge in [-0.25, -0.2) is 19.2 Å². The summed E-state index contributed by atoms with van der Waals surface area (Å²) in [5, 5.41) is 9.81. The molecule has 0 radical (unpaired) electrons. The van der Waals surface area contributed by atoms with Crippen molar-refractivity contribution in [2.75, 3.05) is 0 Å². The highest BCUT2D eigenvalue weighted by Gasteiger charge is 2.55. The number of nitrogens with zero attached hydrogens (tertiary/aromatic N) is 1. The number of benzene rings is 1. The van der Waals surface area contributed by atoms with E-state index in [1.807, 2.05) is 0 Å². The summed E-state index contributed by atoms with van der Waals surface area (Å²) in [6.45, 7) is 0. The maximum absolute atomic E-state index is 11.7. The third-order valence-electron chi connectivity index (χ3n) is 2.54. The van der Waals surface area contributed by atoms with E-state index in [1.54, 1.807) is 6.07 Å². The lowest BCUT2D eigenvalue weighted by atomic mass is 10.2. The highest BCUT2D eigenvalue weighted by molar-refractivity contribution is 6.33. The van der Waals surface area contributed by atoms with Crippen LogP contribution in [0.3, 0.4) is 0 Å². The maximum atomic E-state index is 11.7. The van der Waals surface area contributed by atoms with Crippen LogP contribution in [0.4, 0.5) is 0 Å². The van der Waals surface area contributed by atoms with Gasteiger partial charge in [-0.1, -0.05) is 23.7 Å². The van der Waals surface area contributed by atoms with Crippen LogP contribution >= 0.6 is 11.6 Å². The second-order valence-electron chi connectivity index (χ2n) is 3.72. The first-order valence-electron chi connectivity index (χ1n) is 5.12. The molecular formula is C11H9ClNO5+. The molecule has 7 heteroatoms. The molecule has 94 valence electrons. The van der Waals surface area contributed by atoms with Gasteiger partial charge in [0.25, 0.3) is 0 Å². The summed E-state index contributed by atoms with van der Waals surface area (Å²) in [6, 6.07) is 5.96. The lowest BCUT2D eigenvalue weighted by Crippen LogP contribution is -2.50. The molecule has 1 aromatic carbocycles. The lowest BCUT2D eigenvalue weighted by Gasteiger charge is -2.15. The summed E-state index contributed by atoms with van der Waals surface area (Å²) >= 11 is 5.76. The van der Waals surface area contributed by atoms with Crippen LogP contribution in [-0.4, -0.2) is 27.8 Å². The molecule has 1 aromatic rings. The second-order valence-corrected chi connectivity index (χ2v) is 4.13. The van der Waals surface area contributed by atoms with Crippen molar-refractivity contribution in [3.8, 4) is 0 Å². The Hall–Kier alpha value is -1.76. The Morgan fingerprint density at radius 3 is 2.33 bits per heavy atom. The van der Waals surface area contributed by atoms with E-state index in [0.717, 1.165) is 0 Å². The van der Waals surface area contributed by atoms with Gasteiger partial charge >= 0.3 is 17.8 Å². The normalized spacial score (nSPS) is 17.9. The minimum absolute atomic E-state index is 0.0294. The van der Waals surface area contributed by atoms with Crippen molar-refractivity contribution in [1.82, 2.24) is 0 Å². The van der Waals surface area contributed by atoms with Crippen molar-refractivity contribution in [2.24, 2.45) is 0 Å². The number of carbonyl (C=O) groups is 3. The molecule has 1 N–H and O–H groups in total. The predicted molar refractivity (Wildman–Crippen MR) is 58.2 cm³/mol. The molecule has 1 saturated heterocycles. The van der Waals surface area contributed by atoms with E-state index in [0.29, 0.717) is 0 Å². The van der Waals surface area contributed by atoms with Crippen LogP contribution in [0.2, 0.25) is 5.02 Å². The fourth-order valence-electron chi connectivity index (χ4n) is 1.55. The Labute approximate surface area is 107 Å². The monoisotopic (exact) mass is 270 g/mol. The predicted octanol–water partition coefficient (Wildman–Crippen LogP) is 1.46. The van der Waals surface area contributed by atoms with E-state index in [2.05, 4.69) is 4.84 Å². The maximum Gasteiger partial charge on any atom is 0.405 e. The average Bonchev–Trinajstić information content (AvgIpc) is 2.57. The molecule has 1 heterocycles. The molecule has 0 atom stereocenters. The van der Waals surface area contributed by atoms with E-state index in [1.165, 1.54) is 18.2 Å². The standard InChI is InChI=1S/C11H9ClNO5/c12-8-4-2-1-3-7(8)11(16)18-13(17)9(14)5-6-10(13)15/h1-4,17H,5-6H2/q+1. The van der Waals surface area contributed by atoms with Crippen LogP contribution in [0.5, 0.6) is 0 Å². The summed E-state index contributed by atoms with van der Waals surface area (Å²) < 4.78 is 0. The van der Waals surface area contributed by atoms with Crippen LogP contribution in [0.1, 0.15) is 23.2 Å². The van der Waals surface area contributed by atoms with Gasteiger partial charge in [0.05, 0.1) is 23.4 Å². The van der Waals surface area contributed by atoms with Crippen LogP contribution in [0, 0.1) is 0 Å². The Bertz CT molecular complexity index is 526. The molecule has 0 bridgehead atoms. The van der Waals surface area contributed by atoms with E-state index in [9.17, 15) is 19.6 Å². The van der Waals surface area contributed by atoms with Crippen molar-refractivity contribution in [2.45, 2.75) is 12.8 Å². The van der Waals surface area contributed by atoms with Gasteiger partial charge in [0.1, 0.15) is 4.81 Å². The first-order chi connectivity index (χ1) is 8.45. The lowest BCUT2D eigenvalue weighted by molar-refractivity contribution is -1.12. The van der Waals surface area contributed by atoms with Gasteiger partial charge in [-0.05, 0) is 12.1 Å². The fourth-order valence-corrected chi connectivity index (χ4v) is 1.77.